The number of hydrogen-bond donors (Lipinski definition) is 2. The Kier molecular flexibility index (Phi) is 5.81. The predicted molar refractivity (Wildman–Crippen MR) is 78.0 cm³/mol. The quantitative estimate of drug-likeness (QED) is 0.773. The number of likely N-dealkylation sites (N-methyl/N-ethyl adjacent to an activating group) is 1. The molecule has 0 radical (unpaired) electrons. The minimum absolute atomic E-state index is 0.115. The van der Waals surface area contributed by atoms with Crippen molar-refractivity contribution in [3.05, 3.63) is 0 Å². The van der Waals surface area contributed by atoms with Crippen molar-refractivity contribution in [1.29, 1.82) is 0 Å². The molecule has 1 fully saturated rings. The summed E-state index contributed by atoms with van der Waals surface area (Å²) in [4.78, 5) is 13.6. The molecule has 1 aliphatic carbocycles. The highest BCUT2D eigenvalue weighted by Crippen LogP contribution is 2.39. The minimum Gasteiger partial charge on any atom is -0.389 e. The average Bonchev–Trinajstić information content (AvgIpc) is 2.35. The van der Waals surface area contributed by atoms with Gasteiger partial charge in [0.05, 0.1) is 12.1 Å². The number of hydrogen-bond acceptors (Lipinski definition) is 3. The number of carbonyl (C=O) groups excluding carboxylic acids is 1. The highest BCUT2D eigenvalue weighted by atomic mass is 16.3. The smallest absolute Gasteiger partial charge is 0.236 e. The summed E-state index contributed by atoms with van der Waals surface area (Å²) in [6, 6.07) is 0. The van der Waals surface area contributed by atoms with E-state index in [9.17, 15) is 9.90 Å². The Morgan fingerprint density at radius 3 is 2.16 bits per heavy atom. The van der Waals surface area contributed by atoms with Crippen LogP contribution in [-0.4, -0.2) is 47.7 Å². The van der Waals surface area contributed by atoms with Crippen molar-refractivity contribution in [2.45, 2.75) is 59.0 Å². The zero-order chi connectivity index (χ0) is 14.5. The van der Waals surface area contributed by atoms with E-state index < -0.39 is 5.60 Å². The molecule has 0 bridgehead atoms. The number of rotatable bonds is 6. The SMILES string of the molecule is CCN(CC)C(=O)CNCC1(O)CCC(C)(C)CC1. The second-order valence-electron chi connectivity index (χ2n) is 6.56. The van der Waals surface area contributed by atoms with E-state index in [0.29, 0.717) is 18.5 Å². The van der Waals surface area contributed by atoms with Crippen molar-refractivity contribution < 1.29 is 9.90 Å². The molecule has 0 spiro atoms. The fourth-order valence-electron chi connectivity index (χ4n) is 2.66. The highest BCUT2D eigenvalue weighted by molar-refractivity contribution is 5.78. The van der Waals surface area contributed by atoms with Gasteiger partial charge in [0, 0.05) is 19.6 Å². The van der Waals surface area contributed by atoms with Gasteiger partial charge in [-0.1, -0.05) is 13.8 Å². The van der Waals surface area contributed by atoms with Crippen LogP contribution in [-0.2, 0) is 4.79 Å². The van der Waals surface area contributed by atoms with Gasteiger partial charge in [-0.2, -0.15) is 0 Å². The predicted octanol–water partition coefficient (Wildman–Crippen LogP) is 1.78. The van der Waals surface area contributed by atoms with Gasteiger partial charge in [0.1, 0.15) is 0 Å². The van der Waals surface area contributed by atoms with Crippen LogP contribution < -0.4 is 5.32 Å². The van der Waals surface area contributed by atoms with Gasteiger partial charge in [0.15, 0.2) is 0 Å². The van der Waals surface area contributed by atoms with E-state index in [1.54, 1.807) is 4.90 Å². The van der Waals surface area contributed by atoms with E-state index in [1.165, 1.54) is 0 Å². The van der Waals surface area contributed by atoms with Crippen LogP contribution in [0.5, 0.6) is 0 Å². The monoisotopic (exact) mass is 270 g/mol. The van der Waals surface area contributed by atoms with Gasteiger partial charge < -0.3 is 15.3 Å². The van der Waals surface area contributed by atoms with Crippen molar-refractivity contribution in [2.75, 3.05) is 26.2 Å². The molecule has 4 nitrogen and oxygen atoms in total. The van der Waals surface area contributed by atoms with Crippen LogP contribution in [0.3, 0.4) is 0 Å². The van der Waals surface area contributed by atoms with Crippen molar-refractivity contribution in [2.24, 2.45) is 5.41 Å². The lowest BCUT2D eigenvalue weighted by Crippen LogP contribution is -2.47. The summed E-state index contributed by atoms with van der Waals surface area (Å²) in [7, 11) is 0. The summed E-state index contributed by atoms with van der Waals surface area (Å²) in [5, 5.41) is 13.6. The molecule has 1 amide bonds. The molecule has 112 valence electrons. The van der Waals surface area contributed by atoms with Crippen LogP contribution >= 0.6 is 0 Å². The molecule has 0 saturated heterocycles. The Morgan fingerprint density at radius 2 is 1.68 bits per heavy atom. The van der Waals surface area contributed by atoms with Crippen LogP contribution in [0.25, 0.3) is 0 Å². The Morgan fingerprint density at radius 1 is 1.16 bits per heavy atom. The highest BCUT2D eigenvalue weighted by Gasteiger charge is 2.36. The molecule has 0 aromatic rings. The molecular weight excluding hydrogens is 240 g/mol. The van der Waals surface area contributed by atoms with Crippen LogP contribution in [0.4, 0.5) is 0 Å². The fraction of sp³-hybridized carbons (Fsp3) is 0.933. The van der Waals surface area contributed by atoms with E-state index in [4.69, 9.17) is 0 Å². The normalized spacial score (nSPS) is 21.1. The molecule has 0 heterocycles. The zero-order valence-corrected chi connectivity index (χ0v) is 13.0. The lowest BCUT2D eigenvalue weighted by Gasteiger charge is -2.40. The number of nitrogens with one attached hydrogen (secondary N) is 1. The topological polar surface area (TPSA) is 52.6 Å². The van der Waals surface area contributed by atoms with Crippen LogP contribution in [0, 0.1) is 5.41 Å². The standard InChI is InChI=1S/C15H30N2O2/c1-5-17(6-2)13(18)11-16-12-15(19)9-7-14(3,4)8-10-15/h16,19H,5-12H2,1-4H3. The average molecular weight is 270 g/mol. The third kappa shape index (κ3) is 5.11. The summed E-state index contributed by atoms with van der Waals surface area (Å²) in [6.45, 7) is 10.8. The zero-order valence-electron chi connectivity index (χ0n) is 13.0. The molecular formula is C15H30N2O2. The van der Waals surface area contributed by atoms with Crippen molar-refractivity contribution in [1.82, 2.24) is 10.2 Å². The second kappa shape index (κ2) is 6.71. The molecule has 0 atom stereocenters. The number of nitrogens with zero attached hydrogens (tertiary/aromatic N) is 1. The number of carbonyl (C=O) groups is 1. The molecule has 1 aliphatic rings. The van der Waals surface area contributed by atoms with E-state index in [1.807, 2.05) is 13.8 Å². The molecule has 0 aromatic heterocycles. The maximum atomic E-state index is 11.8. The first kappa shape index (κ1) is 16.4. The third-order valence-electron chi connectivity index (χ3n) is 4.38. The van der Waals surface area contributed by atoms with E-state index in [2.05, 4.69) is 19.2 Å². The molecule has 0 unspecified atom stereocenters. The van der Waals surface area contributed by atoms with Gasteiger partial charge in [0.25, 0.3) is 0 Å². The maximum absolute atomic E-state index is 11.8. The Labute approximate surface area is 117 Å². The molecule has 4 heteroatoms. The lowest BCUT2D eigenvalue weighted by atomic mass is 9.71. The van der Waals surface area contributed by atoms with Crippen molar-refractivity contribution in [3.8, 4) is 0 Å². The van der Waals surface area contributed by atoms with Gasteiger partial charge in [-0.25, -0.2) is 0 Å². The largest absolute Gasteiger partial charge is 0.389 e. The van der Waals surface area contributed by atoms with Crippen LogP contribution in [0.15, 0.2) is 0 Å². The first-order valence-electron chi connectivity index (χ1n) is 7.53. The first-order chi connectivity index (χ1) is 8.82. The van der Waals surface area contributed by atoms with Gasteiger partial charge in [-0.05, 0) is 44.9 Å². The Bertz CT molecular complexity index is 289. The summed E-state index contributed by atoms with van der Waals surface area (Å²) >= 11 is 0. The van der Waals surface area contributed by atoms with Crippen LogP contribution in [0.1, 0.15) is 53.4 Å². The minimum atomic E-state index is -0.626. The molecule has 1 saturated carbocycles. The molecule has 0 aromatic carbocycles. The summed E-state index contributed by atoms with van der Waals surface area (Å²) < 4.78 is 0. The van der Waals surface area contributed by atoms with Gasteiger partial charge >= 0.3 is 0 Å². The van der Waals surface area contributed by atoms with Crippen molar-refractivity contribution in [3.63, 3.8) is 0 Å². The van der Waals surface area contributed by atoms with Crippen molar-refractivity contribution >= 4 is 5.91 Å². The third-order valence-corrected chi connectivity index (χ3v) is 4.38. The number of amides is 1. The molecule has 2 N–H and O–H groups in total. The van der Waals surface area contributed by atoms with Crippen LogP contribution in [0.2, 0.25) is 0 Å². The first-order valence-corrected chi connectivity index (χ1v) is 7.53. The lowest BCUT2D eigenvalue weighted by molar-refractivity contribution is -0.130. The van der Waals surface area contributed by atoms with Gasteiger partial charge in [-0.3, -0.25) is 4.79 Å². The summed E-state index contributed by atoms with van der Waals surface area (Å²) in [6.07, 6.45) is 3.75. The van der Waals surface area contributed by atoms with Gasteiger partial charge in [0.2, 0.25) is 5.91 Å². The van der Waals surface area contributed by atoms with E-state index in [-0.39, 0.29) is 5.91 Å². The molecule has 19 heavy (non-hydrogen) atoms. The molecule has 0 aliphatic heterocycles. The summed E-state index contributed by atoms with van der Waals surface area (Å²) in [5.74, 6) is 0.115. The fourth-order valence-corrected chi connectivity index (χ4v) is 2.66. The Hall–Kier alpha value is -0.610. The van der Waals surface area contributed by atoms with E-state index >= 15 is 0 Å². The summed E-state index contributed by atoms with van der Waals surface area (Å²) in [5.41, 5.74) is -0.275. The number of aliphatic hydroxyl groups is 1. The van der Waals surface area contributed by atoms with E-state index in [0.717, 1.165) is 38.8 Å². The Balaban J connectivity index is 2.31. The second-order valence-corrected chi connectivity index (χ2v) is 6.56. The maximum Gasteiger partial charge on any atom is 0.236 e. The molecule has 1 rings (SSSR count). The van der Waals surface area contributed by atoms with Gasteiger partial charge in [-0.15, -0.1) is 0 Å².